The van der Waals surface area contributed by atoms with Crippen molar-refractivity contribution in [3.05, 3.63) is 65.4 Å². The molecule has 0 saturated carbocycles. The van der Waals surface area contributed by atoms with E-state index >= 15 is 0 Å². The lowest BCUT2D eigenvalue weighted by Gasteiger charge is -2.04. The Morgan fingerprint density at radius 2 is 1.44 bits per heavy atom. The van der Waals surface area contributed by atoms with Crippen LogP contribution in [-0.2, 0) is 9.53 Å². The van der Waals surface area contributed by atoms with Crippen LogP contribution >= 0.6 is 0 Å². The normalized spacial score (nSPS) is 11.4. The molecule has 0 aromatic heterocycles. The second-order valence-electron chi connectivity index (χ2n) is 5.05. The fourth-order valence-electron chi connectivity index (χ4n) is 2.05. The van der Waals surface area contributed by atoms with Crippen molar-refractivity contribution in [2.45, 2.75) is 6.92 Å². The highest BCUT2D eigenvalue weighted by molar-refractivity contribution is 5.96. The van der Waals surface area contributed by atoms with E-state index in [9.17, 15) is 4.79 Å². The molecule has 0 unspecified atom stereocenters. The van der Waals surface area contributed by atoms with Crippen LogP contribution in [0.4, 0.5) is 0 Å². The van der Waals surface area contributed by atoms with E-state index in [4.69, 9.17) is 14.2 Å². The Kier molecular flexibility index (Phi) is 6.77. The van der Waals surface area contributed by atoms with Crippen molar-refractivity contribution in [3.8, 4) is 11.5 Å². The third-order valence-electron chi connectivity index (χ3n) is 3.37. The molecule has 2 rings (SSSR count). The quantitative estimate of drug-likeness (QED) is 0.438. The number of benzene rings is 2. The van der Waals surface area contributed by atoms with Gasteiger partial charge < -0.3 is 14.2 Å². The highest BCUT2D eigenvalue weighted by Gasteiger charge is 2.09. The standard InChI is InChI=1S/C20H21NO4/c1-4-25-20(22)19(13-15-5-9-17(23-2)10-6-15)21-14-16-7-11-18(24-3)12-8-16/h5-14H,4H2,1-3H3/b19-13-,21-14?. The summed E-state index contributed by atoms with van der Waals surface area (Å²) in [5, 5.41) is 0. The van der Waals surface area contributed by atoms with Gasteiger partial charge in [0.25, 0.3) is 0 Å². The molecule has 0 saturated heterocycles. The number of nitrogens with zero attached hydrogens (tertiary/aromatic N) is 1. The molecule has 5 nitrogen and oxygen atoms in total. The second-order valence-corrected chi connectivity index (χ2v) is 5.05. The molecule has 130 valence electrons. The topological polar surface area (TPSA) is 57.1 Å². The van der Waals surface area contributed by atoms with E-state index in [1.807, 2.05) is 48.5 Å². The van der Waals surface area contributed by atoms with Crippen LogP contribution in [0, 0.1) is 0 Å². The molecule has 0 aliphatic rings. The lowest BCUT2D eigenvalue weighted by atomic mass is 10.2. The van der Waals surface area contributed by atoms with Gasteiger partial charge in [0.15, 0.2) is 0 Å². The minimum atomic E-state index is -0.469. The molecular formula is C20H21NO4. The number of hydrogen-bond donors (Lipinski definition) is 0. The molecule has 0 N–H and O–H groups in total. The van der Waals surface area contributed by atoms with Crippen molar-refractivity contribution in [1.29, 1.82) is 0 Å². The number of aliphatic imine (C=N–C) groups is 1. The van der Waals surface area contributed by atoms with Crippen molar-refractivity contribution >= 4 is 18.3 Å². The second kappa shape index (κ2) is 9.27. The van der Waals surface area contributed by atoms with Crippen molar-refractivity contribution in [2.75, 3.05) is 20.8 Å². The number of rotatable bonds is 7. The summed E-state index contributed by atoms with van der Waals surface area (Å²) in [5.74, 6) is 1.04. The average molecular weight is 339 g/mol. The predicted octanol–water partition coefficient (Wildman–Crippen LogP) is 3.73. The van der Waals surface area contributed by atoms with Crippen LogP contribution in [0.3, 0.4) is 0 Å². The van der Waals surface area contributed by atoms with E-state index in [2.05, 4.69) is 4.99 Å². The third-order valence-corrected chi connectivity index (χ3v) is 3.37. The first-order valence-electron chi connectivity index (χ1n) is 7.87. The van der Waals surface area contributed by atoms with Gasteiger partial charge in [0.2, 0.25) is 0 Å². The highest BCUT2D eigenvalue weighted by Crippen LogP contribution is 2.16. The first kappa shape index (κ1) is 18.3. The number of hydrogen-bond acceptors (Lipinski definition) is 5. The Hall–Kier alpha value is -3.08. The van der Waals surface area contributed by atoms with E-state index in [1.165, 1.54) is 0 Å². The predicted molar refractivity (Wildman–Crippen MR) is 98.2 cm³/mol. The van der Waals surface area contributed by atoms with Gasteiger partial charge in [-0.05, 0) is 60.5 Å². The van der Waals surface area contributed by atoms with Crippen LogP contribution in [-0.4, -0.2) is 33.0 Å². The molecule has 0 aliphatic heterocycles. The zero-order chi connectivity index (χ0) is 18.1. The van der Waals surface area contributed by atoms with Crippen molar-refractivity contribution < 1.29 is 19.0 Å². The number of ether oxygens (including phenoxy) is 3. The summed E-state index contributed by atoms with van der Waals surface area (Å²) < 4.78 is 15.3. The molecular weight excluding hydrogens is 318 g/mol. The first-order valence-corrected chi connectivity index (χ1v) is 7.87. The zero-order valence-corrected chi connectivity index (χ0v) is 14.6. The Labute approximate surface area is 147 Å². The van der Waals surface area contributed by atoms with Crippen molar-refractivity contribution in [1.82, 2.24) is 0 Å². The summed E-state index contributed by atoms with van der Waals surface area (Å²) in [4.78, 5) is 16.4. The number of methoxy groups -OCH3 is 2. The van der Waals surface area contributed by atoms with E-state index < -0.39 is 5.97 Å². The van der Waals surface area contributed by atoms with Crippen molar-refractivity contribution in [3.63, 3.8) is 0 Å². The fourth-order valence-corrected chi connectivity index (χ4v) is 2.05. The summed E-state index contributed by atoms with van der Waals surface area (Å²) in [6, 6.07) is 14.7. The van der Waals surface area contributed by atoms with Gasteiger partial charge in [-0.25, -0.2) is 9.79 Å². The molecule has 25 heavy (non-hydrogen) atoms. The van der Waals surface area contributed by atoms with Gasteiger partial charge in [0.1, 0.15) is 17.2 Å². The van der Waals surface area contributed by atoms with Crippen LogP contribution in [0.2, 0.25) is 0 Å². The summed E-state index contributed by atoms with van der Waals surface area (Å²) in [6.45, 7) is 2.05. The molecule has 0 atom stereocenters. The Bertz CT molecular complexity index is 746. The first-order chi connectivity index (χ1) is 12.2. The summed E-state index contributed by atoms with van der Waals surface area (Å²) in [7, 11) is 3.22. The van der Waals surface area contributed by atoms with Crippen LogP contribution in [0.1, 0.15) is 18.1 Å². The fraction of sp³-hybridized carbons (Fsp3) is 0.200. The van der Waals surface area contributed by atoms with Gasteiger partial charge in [0, 0.05) is 6.21 Å². The molecule has 2 aromatic rings. The lowest BCUT2D eigenvalue weighted by molar-refractivity contribution is -0.138. The third kappa shape index (κ3) is 5.49. The Morgan fingerprint density at radius 1 is 0.920 bits per heavy atom. The highest BCUT2D eigenvalue weighted by atomic mass is 16.5. The maximum Gasteiger partial charge on any atom is 0.356 e. The number of carbonyl (C=O) groups excluding carboxylic acids is 1. The number of esters is 1. The molecule has 0 aliphatic carbocycles. The van der Waals surface area contributed by atoms with Gasteiger partial charge in [-0.2, -0.15) is 0 Å². The lowest BCUT2D eigenvalue weighted by Crippen LogP contribution is -2.06. The summed E-state index contributed by atoms with van der Waals surface area (Å²) in [5.41, 5.74) is 1.91. The van der Waals surface area contributed by atoms with Gasteiger partial charge in [-0.1, -0.05) is 12.1 Å². The van der Waals surface area contributed by atoms with Crippen LogP contribution in [0.5, 0.6) is 11.5 Å². The van der Waals surface area contributed by atoms with Crippen LogP contribution in [0.15, 0.2) is 59.2 Å². The van der Waals surface area contributed by atoms with Crippen LogP contribution < -0.4 is 9.47 Å². The zero-order valence-electron chi connectivity index (χ0n) is 14.6. The summed E-state index contributed by atoms with van der Waals surface area (Å²) in [6.07, 6.45) is 3.29. The largest absolute Gasteiger partial charge is 0.497 e. The maximum atomic E-state index is 12.1. The van der Waals surface area contributed by atoms with Crippen molar-refractivity contribution in [2.24, 2.45) is 4.99 Å². The molecule has 2 aromatic carbocycles. The van der Waals surface area contributed by atoms with E-state index in [1.54, 1.807) is 33.4 Å². The molecule has 0 radical (unpaired) electrons. The van der Waals surface area contributed by atoms with E-state index in [-0.39, 0.29) is 12.3 Å². The maximum absolute atomic E-state index is 12.1. The molecule has 0 bridgehead atoms. The Balaban J connectivity index is 2.25. The van der Waals surface area contributed by atoms with E-state index in [0.29, 0.717) is 0 Å². The Morgan fingerprint density at radius 3 is 1.92 bits per heavy atom. The molecule has 0 heterocycles. The molecule has 5 heteroatoms. The van der Waals surface area contributed by atoms with Gasteiger partial charge in [-0.15, -0.1) is 0 Å². The SMILES string of the molecule is CCOC(=O)/C(=C/c1ccc(OC)cc1)N=Cc1ccc(OC)cc1. The monoisotopic (exact) mass is 339 g/mol. The molecule has 0 amide bonds. The van der Waals surface area contributed by atoms with Crippen LogP contribution in [0.25, 0.3) is 6.08 Å². The minimum absolute atomic E-state index is 0.225. The summed E-state index contributed by atoms with van der Waals surface area (Å²) >= 11 is 0. The number of carbonyl (C=O) groups is 1. The van der Waals surface area contributed by atoms with Gasteiger partial charge >= 0.3 is 5.97 Å². The smallest absolute Gasteiger partial charge is 0.356 e. The minimum Gasteiger partial charge on any atom is -0.497 e. The molecule has 0 spiro atoms. The molecule has 0 fully saturated rings. The van der Waals surface area contributed by atoms with Gasteiger partial charge in [-0.3, -0.25) is 0 Å². The average Bonchev–Trinajstić information content (AvgIpc) is 2.66. The van der Waals surface area contributed by atoms with Gasteiger partial charge in [0.05, 0.1) is 20.8 Å². The van der Waals surface area contributed by atoms with E-state index in [0.717, 1.165) is 22.6 Å².